The topological polar surface area (TPSA) is 30.4 Å². The zero-order valence-electron chi connectivity index (χ0n) is 13.2. The quantitative estimate of drug-likeness (QED) is 0.337. The average Bonchev–Trinajstić information content (AvgIpc) is 3.05. The molecule has 5 aromatic rings. The van der Waals surface area contributed by atoms with Gasteiger partial charge in [-0.25, -0.2) is 9.83 Å². The van der Waals surface area contributed by atoms with E-state index in [-0.39, 0.29) is 0 Å². The lowest BCUT2D eigenvalue weighted by Gasteiger charge is -2.04. The second kappa shape index (κ2) is 5.19. The van der Waals surface area contributed by atoms with Crippen LogP contribution in [0.3, 0.4) is 0 Å². The SMILES string of the molecule is [C-]#[N+]c1ccc2c(c1)oc1c(-c3ccc4ccccc4n3)cccc12. The van der Waals surface area contributed by atoms with Crippen molar-refractivity contribution in [2.24, 2.45) is 0 Å². The number of pyridine rings is 1. The van der Waals surface area contributed by atoms with E-state index in [1.54, 1.807) is 6.07 Å². The molecule has 0 amide bonds. The zero-order valence-corrected chi connectivity index (χ0v) is 13.2. The van der Waals surface area contributed by atoms with Crippen LogP contribution >= 0.6 is 0 Å². The molecular weight excluding hydrogens is 308 g/mol. The van der Waals surface area contributed by atoms with Crippen LogP contribution in [0, 0.1) is 6.57 Å². The van der Waals surface area contributed by atoms with Gasteiger partial charge in [0.15, 0.2) is 5.69 Å². The molecule has 0 spiro atoms. The third kappa shape index (κ3) is 2.09. The van der Waals surface area contributed by atoms with Crippen molar-refractivity contribution in [3.8, 4) is 11.3 Å². The summed E-state index contributed by atoms with van der Waals surface area (Å²) >= 11 is 0. The summed E-state index contributed by atoms with van der Waals surface area (Å²) in [6.45, 7) is 7.18. The number of hydrogen-bond acceptors (Lipinski definition) is 2. The van der Waals surface area contributed by atoms with Gasteiger partial charge in [-0.3, -0.25) is 0 Å². The zero-order chi connectivity index (χ0) is 16.8. The first-order valence-corrected chi connectivity index (χ1v) is 8.02. The van der Waals surface area contributed by atoms with Gasteiger partial charge < -0.3 is 4.42 Å². The van der Waals surface area contributed by atoms with Crippen molar-refractivity contribution >= 4 is 38.5 Å². The van der Waals surface area contributed by atoms with E-state index in [1.807, 2.05) is 54.6 Å². The molecule has 2 aromatic heterocycles. The summed E-state index contributed by atoms with van der Waals surface area (Å²) < 4.78 is 6.11. The molecule has 0 atom stereocenters. The molecule has 5 rings (SSSR count). The summed E-state index contributed by atoms with van der Waals surface area (Å²) in [5.74, 6) is 0. The van der Waals surface area contributed by atoms with Crippen LogP contribution in [-0.4, -0.2) is 4.98 Å². The molecule has 0 saturated heterocycles. The Morgan fingerprint density at radius 1 is 0.840 bits per heavy atom. The average molecular weight is 320 g/mol. The summed E-state index contributed by atoms with van der Waals surface area (Å²) in [4.78, 5) is 8.27. The molecule has 0 bridgehead atoms. The molecule has 0 radical (unpaired) electrons. The lowest BCUT2D eigenvalue weighted by atomic mass is 10.1. The van der Waals surface area contributed by atoms with Gasteiger partial charge in [-0.1, -0.05) is 48.5 Å². The first-order chi connectivity index (χ1) is 12.3. The number of nitrogens with zero attached hydrogens (tertiary/aromatic N) is 2. The first-order valence-electron chi connectivity index (χ1n) is 8.02. The summed E-state index contributed by atoms with van der Waals surface area (Å²) in [6.07, 6.45) is 0. The lowest BCUT2D eigenvalue weighted by molar-refractivity contribution is 0.670. The van der Waals surface area contributed by atoms with Gasteiger partial charge in [-0.05, 0) is 24.3 Å². The van der Waals surface area contributed by atoms with E-state index >= 15 is 0 Å². The monoisotopic (exact) mass is 320 g/mol. The van der Waals surface area contributed by atoms with Crippen LogP contribution in [0.25, 0.3) is 48.9 Å². The maximum absolute atomic E-state index is 7.18. The molecule has 0 aliphatic rings. The van der Waals surface area contributed by atoms with Crippen LogP contribution in [0.1, 0.15) is 0 Å². The highest BCUT2D eigenvalue weighted by atomic mass is 16.3. The molecule has 0 unspecified atom stereocenters. The first kappa shape index (κ1) is 13.8. The minimum Gasteiger partial charge on any atom is -0.457 e. The Hall–Kier alpha value is -3.64. The van der Waals surface area contributed by atoms with E-state index < -0.39 is 0 Å². The van der Waals surface area contributed by atoms with Gasteiger partial charge in [0.2, 0.25) is 0 Å². The van der Waals surface area contributed by atoms with Gasteiger partial charge in [-0.15, -0.1) is 0 Å². The maximum atomic E-state index is 7.18. The van der Waals surface area contributed by atoms with Crippen LogP contribution in [0.4, 0.5) is 5.69 Å². The van der Waals surface area contributed by atoms with E-state index in [2.05, 4.69) is 17.0 Å². The predicted octanol–water partition coefficient (Wildman–Crippen LogP) is 6.35. The number of para-hydroxylation sites is 2. The van der Waals surface area contributed by atoms with Crippen LogP contribution < -0.4 is 0 Å². The third-order valence-electron chi connectivity index (χ3n) is 4.49. The Bertz CT molecular complexity index is 1310. The van der Waals surface area contributed by atoms with E-state index in [0.29, 0.717) is 5.69 Å². The third-order valence-corrected chi connectivity index (χ3v) is 4.49. The number of fused-ring (bicyclic) bond motifs is 4. The van der Waals surface area contributed by atoms with Gasteiger partial charge in [0.1, 0.15) is 11.2 Å². The fraction of sp³-hybridized carbons (Fsp3) is 0. The Labute approximate surface area is 144 Å². The molecule has 116 valence electrons. The van der Waals surface area contributed by atoms with Crippen molar-refractivity contribution in [1.29, 1.82) is 0 Å². The minimum atomic E-state index is 0.580. The van der Waals surface area contributed by atoms with Crippen LogP contribution in [0.2, 0.25) is 0 Å². The number of hydrogen-bond donors (Lipinski definition) is 0. The molecule has 0 N–H and O–H groups in total. The van der Waals surface area contributed by atoms with E-state index in [4.69, 9.17) is 16.0 Å². The maximum Gasteiger partial charge on any atom is 0.190 e. The van der Waals surface area contributed by atoms with Crippen molar-refractivity contribution in [3.63, 3.8) is 0 Å². The van der Waals surface area contributed by atoms with Crippen molar-refractivity contribution < 1.29 is 4.42 Å². The number of rotatable bonds is 1. The smallest absolute Gasteiger partial charge is 0.190 e. The Kier molecular flexibility index (Phi) is 2.86. The van der Waals surface area contributed by atoms with Crippen molar-refractivity contribution in [3.05, 3.63) is 84.2 Å². The second-order valence-corrected chi connectivity index (χ2v) is 5.97. The van der Waals surface area contributed by atoms with Crippen LogP contribution in [0.15, 0.2) is 77.2 Å². The predicted molar refractivity (Wildman–Crippen MR) is 101 cm³/mol. The largest absolute Gasteiger partial charge is 0.457 e. The van der Waals surface area contributed by atoms with Crippen molar-refractivity contribution in [2.75, 3.05) is 0 Å². The molecule has 0 aliphatic heterocycles. The number of benzene rings is 3. The standard InChI is InChI=1S/C22H12N2O/c1-23-15-10-11-16-17-6-4-7-18(22(17)25-21(16)13-15)20-12-9-14-5-2-3-8-19(14)24-20/h2-13H. The van der Waals surface area contributed by atoms with Gasteiger partial charge in [-0.2, -0.15) is 0 Å². The fourth-order valence-corrected chi connectivity index (χ4v) is 3.27. The summed E-state index contributed by atoms with van der Waals surface area (Å²) in [6, 6.07) is 23.8. The number of furan rings is 1. The van der Waals surface area contributed by atoms with Crippen molar-refractivity contribution in [1.82, 2.24) is 4.98 Å². The minimum absolute atomic E-state index is 0.580. The molecule has 3 heteroatoms. The van der Waals surface area contributed by atoms with Gasteiger partial charge in [0.25, 0.3) is 0 Å². The Morgan fingerprint density at radius 3 is 2.68 bits per heavy atom. The Balaban J connectivity index is 1.81. The molecular formula is C22H12N2O. The van der Waals surface area contributed by atoms with Crippen LogP contribution in [-0.2, 0) is 0 Å². The molecule has 0 fully saturated rings. The van der Waals surface area contributed by atoms with E-state index in [0.717, 1.165) is 44.1 Å². The van der Waals surface area contributed by atoms with Gasteiger partial charge in [0.05, 0.1) is 17.8 Å². The van der Waals surface area contributed by atoms with Gasteiger partial charge in [0, 0.05) is 21.7 Å². The normalized spacial score (nSPS) is 11.2. The molecule has 0 aliphatic carbocycles. The molecule has 3 nitrogen and oxygen atoms in total. The molecule has 25 heavy (non-hydrogen) atoms. The van der Waals surface area contributed by atoms with Crippen LogP contribution in [0.5, 0.6) is 0 Å². The fourth-order valence-electron chi connectivity index (χ4n) is 3.27. The summed E-state index contributed by atoms with van der Waals surface area (Å²) in [5, 5.41) is 3.17. The highest BCUT2D eigenvalue weighted by molar-refractivity contribution is 6.10. The Morgan fingerprint density at radius 2 is 1.76 bits per heavy atom. The van der Waals surface area contributed by atoms with E-state index in [1.165, 1.54) is 0 Å². The number of aromatic nitrogens is 1. The lowest BCUT2D eigenvalue weighted by Crippen LogP contribution is -1.85. The molecule has 0 saturated carbocycles. The summed E-state index contributed by atoms with van der Waals surface area (Å²) in [5.41, 5.74) is 4.93. The van der Waals surface area contributed by atoms with E-state index in [9.17, 15) is 0 Å². The highest BCUT2D eigenvalue weighted by Gasteiger charge is 2.13. The highest BCUT2D eigenvalue weighted by Crippen LogP contribution is 2.36. The summed E-state index contributed by atoms with van der Waals surface area (Å²) in [7, 11) is 0. The second-order valence-electron chi connectivity index (χ2n) is 5.97. The molecule has 2 heterocycles. The van der Waals surface area contributed by atoms with Crippen molar-refractivity contribution in [2.45, 2.75) is 0 Å². The molecule has 3 aromatic carbocycles. The van der Waals surface area contributed by atoms with Gasteiger partial charge >= 0.3 is 0 Å².